The van der Waals surface area contributed by atoms with E-state index in [4.69, 9.17) is 9.47 Å². The lowest BCUT2D eigenvalue weighted by Crippen LogP contribution is -2.54. The molecule has 0 spiro atoms. The minimum Gasteiger partial charge on any atom is -0.381 e. The van der Waals surface area contributed by atoms with E-state index in [0.29, 0.717) is 19.1 Å². The number of amides is 2. The Hall–Kier alpha value is -0.980. The van der Waals surface area contributed by atoms with Crippen LogP contribution in [0.2, 0.25) is 0 Å². The topological polar surface area (TPSA) is 67.9 Å². The maximum atomic E-state index is 11.7. The maximum absolute atomic E-state index is 11.7. The van der Waals surface area contributed by atoms with Gasteiger partial charge in [0.25, 0.3) is 11.8 Å². The summed E-state index contributed by atoms with van der Waals surface area (Å²) in [6, 6.07) is 0.119. The second-order valence-electron chi connectivity index (χ2n) is 5.08. The van der Waals surface area contributed by atoms with Gasteiger partial charge in [0.05, 0.1) is 6.61 Å². The molecular formula is C13H22N2O4. The summed E-state index contributed by atoms with van der Waals surface area (Å²) in [6.45, 7) is 4.89. The van der Waals surface area contributed by atoms with Crippen molar-refractivity contribution < 1.29 is 19.1 Å². The Morgan fingerprint density at radius 1 is 1.32 bits per heavy atom. The number of nitrogens with one attached hydrogen (secondary N) is 1. The number of rotatable bonds is 6. The fraction of sp³-hybridized carbons (Fsp3) is 0.846. The van der Waals surface area contributed by atoms with Gasteiger partial charge < -0.3 is 14.8 Å². The zero-order valence-corrected chi connectivity index (χ0v) is 11.4. The van der Waals surface area contributed by atoms with Crippen molar-refractivity contribution in [2.45, 2.75) is 25.8 Å². The van der Waals surface area contributed by atoms with E-state index in [1.54, 1.807) is 0 Å². The Labute approximate surface area is 113 Å². The van der Waals surface area contributed by atoms with Gasteiger partial charge in [-0.25, -0.2) is 0 Å². The van der Waals surface area contributed by atoms with Gasteiger partial charge in [-0.3, -0.25) is 14.5 Å². The molecule has 0 radical (unpaired) electrons. The zero-order valence-electron chi connectivity index (χ0n) is 11.4. The lowest BCUT2D eigenvalue weighted by molar-refractivity contribution is -0.159. The quantitative estimate of drug-likeness (QED) is 0.676. The third kappa shape index (κ3) is 3.75. The maximum Gasteiger partial charge on any atom is 0.255 e. The average Bonchev–Trinajstić information content (AvgIpc) is 2.91. The Morgan fingerprint density at radius 2 is 2.05 bits per heavy atom. The third-order valence-corrected chi connectivity index (χ3v) is 3.62. The first-order chi connectivity index (χ1) is 9.22. The number of carbonyl (C=O) groups excluding carboxylic acids is 2. The number of ether oxygens (including phenoxy) is 2. The van der Waals surface area contributed by atoms with Crippen molar-refractivity contribution in [3.63, 3.8) is 0 Å². The molecule has 6 heteroatoms. The van der Waals surface area contributed by atoms with E-state index < -0.39 is 0 Å². The first-order valence-electron chi connectivity index (χ1n) is 6.94. The Balaban J connectivity index is 1.96. The first kappa shape index (κ1) is 14.4. The van der Waals surface area contributed by atoms with E-state index in [1.165, 1.54) is 4.90 Å². The number of hydrogen-bond acceptors (Lipinski definition) is 5. The molecule has 19 heavy (non-hydrogen) atoms. The van der Waals surface area contributed by atoms with Gasteiger partial charge in [0.15, 0.2) is 0 Å². The second kappa shape index (κ2) is 6.98. The van der Waals surface area contributed by atoms with E-state index in [0.717, 1.165) is 26.0 Å². The van der Waals surface area contributed by atoms with Gasteiger partial charge in [0.2, 0.25) is 0 Å². The van der Waals surface area contributed by atoms with Crippen LogP contribution >= 0.6 is 0 Å². The minimum absolute atomic E-state index is 0.00735. The molecule has 2 atom stereocenters. The number of hydrogen-bond donors (Lipinski definition) is 1. The van der Waals surface area contributed by atoms with Crippen molar-refractivity contribution in [3.8, 4) is 0 Å². The molecule has 2 aliphatic heterocycles. The molecule has 2 fully saturated rings. The normalized spacial score (nSPS) is 25.9. The predicted octanol–water partition coefficient (Wildman–Crippen LogP) is -0.223. The highest BCUT2D eigenvalue weighted by molar-refractivity contribution is 5.98. The van der Waals surface area contributed by atoms with Crippen LogP contribution in [0.3, 0.4) is 0 Å². The lowest BCUT2D eigenvalue weighted by Gasteiger charge is -2.31. The van der Waals surface area contributed by atoms with Crippen LogP contribution in [-0.4, -0.2) is 62.3 Å². The van der Waals surface area contributed by atoms with E-state index in [2.05, 4.69) is 12.2 Å². The summed E-state index contributed by atoms with van der Waals surface area (Å²) in [4.78, 5) is 24.8. The van der Waals surface area contributed by atoms with Gasteiger partial charge >= 0.3 is 0 Å². The van der Waals surface area contributed by atoms with Gasteiger partial charge in [0, 0.05) is 25.1 Å². The largest absolute Gasteiger partial charge is 0.381 e. The second-order valence-corrected chi connectivity index (χ2v) is 5.08. The Kier molecular flexibility index (Phi) is 5.30. The smallest absolute Gasteiger partial charge is 0.255 e. The van der Waals surface area contributed by atoms with Gasteiger partial charge in [-0.2, -0.15) is 0 Å². The van der Waals surface area contributed by atoms with Crippen molar-refractivity contribution >= 4 is 11.8 Å². The summed E-state index contributed by atoms with van der Waals surface area (Å²) >= 11 is 0. The minimum atomic E-state index is -0.238. The summed E-state index contributed by atoms with van der Waals surface area (Å²) in [7, 11) is 0. The number of carbonyl (C=O) groups is 2. The van der Waals surface area contributed by atoms with Crippen LogP contribution in [0, 0.1) is 5.92 Å². The molecule has 2 saturated heterocycles. The number of nitrogens with zero attached hydrogens (tertiary/aromatic N) is 1. The van der Waals surface area contributed by atoms with E-state index in [9.17, 15) is 9.59 Å². The number of morpholine rings is 1. The van der Waals surface area contributed by atoms with Crippen LogP contribution in [0.1, 0.15) is 19.8 Å². The third-order valence-electron chi connectivity index (χ3n) is 3.62. The zero-order chi connectivity index (χ0) is 13.7. The average molecular weight is 270 g/mol. The van der Waals surface area contributed by atoms with Crippen molar-refractivity contribution in [1.82, 2.24) is 10.2 Å². The highest BCUT2D eigenvalue weighted by atomic mass is 16.5. The molecular weight excluding hydrogens is 248 g/mol. The molecule has 2 heterocycles. The van der Waals surface area contributed by atoms with Crippen molar-refractivity contribution in [2.24, 2.45) is 5.92 Å². The van der Waals surface area contributed by atoms with Crippen molar-refractivity contribution in [1.29, 1.82) is 0 Å². The highest BCUT2D eigenvalue weighted by Gasteiger charge is 2.33. The summed E-state index contributed by atoms with van der Waals surface area (Å²) in [5.74, 6) is -0.105. The van der Waals surface area contributed by atoms with Crippen LogP contribution in [0.5, 0.6) is 0 Å². The fourth-order valence-corrected chi connectivity index (χ4v) is 2.50. The Bertz CT molecular complexity index is 313. The molecule has 0 aliphatic carbocycles. The van der Waals surface area contributed by atoms with E-state index in [1.807, 2.05) is 0 Å². The van der Waals surface area contributed by atoms with Crippen LogP contribution in [0.4, 0.5) is 0 Å². The predicted molar refractivity (Wildman–Crippen MR) is 68.5 cm³/mol. The molecule has 0 saturated carbocycles. The summed E-state index contributed by atoms with van der Waals surface area (Å²) in [6.07, 6.45) is 2.00. The van der Waals surface area contributed by atoms with E-state index in [-0.39, 0.29) is 31.1 Å². The Morgan fingerprint density at radius 3 is 2.63 bits per heavy atom. The summed E-state index contributed by atoms with van der Waals surface area (Å²) in [5, 5.41) is 3.43. The van der Waals surface area contributed by atoms with Crippen molar-refractivity contribution in [2.75, 3.05) is 39.5 Å². The molecule has 0 bridgehead atoms. The summed E-state index contributed by atoms with van der Waals surface area (Å²) in [5.41, 5.74) is 0. The van der Waals surface area contributed by atoms with Gasteiger partial charge in [0.1, 0.15) is 13.2 Å². The molecule has 2 unspecified atom stereocenters. The lowest BCUT2D eigenvalue weighted by atomic mass is 9.98. The molecule has 0 aromatic carbocycles. The molecule has 0 aromatic rings. The first-order valence-corrected chi connectivity index (χ1v) is 6.94. The SMILES string of the molecule is CCCNC(CN1C(=O)COCC1=O)C1CCOC1. The molecule has 2 aliphatic rings. The van der Waals surface area contributed by atoms with Gasteiger partial charge in [-0.1, -0.05) is 6.92 Å². The van der Waals surface area contributed by atoms with Crippen molar-refractivity contribution in [3.05, 3.63) is 0 Å². The summed E-state index contributed by atoms with van der Waals surface area (Å²) < 4.78 is 10.3. The van der Waals surface area contributed by atoms with Gasteiger partial charge in [-0.05, 0) is 19.4 Å². The molecule has 2 amide bonds. The van der Waals surface area contributed by atoms with Crippen LogP contribution < -0.4 is 5.32 Å². The van der Waals surface area contributed by atoms with Crippen LogP contribution in [-0.2, 0) is 19.1 Å². The molecule has 108 valence electrons. The van der Waals surface area contributed by atoms with E-state index >= 15 is 0 Å². The standard InChI is InChI=1S/C13H22N2O4/c1-2-4-14-11(10-3-5-18-7-10)6-15-12(16)8-19-9-13(15)17/h10-11,14H,2-9H2,1H3. The molecule has 0 aromatic heterocycles. The fourth-order valence-electron chi connectivity index (χ4n) is 2.50. The molecule has 2 rings (SSSR count). The molecule has 1 N–H and O–H groups in total. The molecule has 6 nitrogen and oxygen atoms in total. The monoisotopic (exact) mass is 270 g/mol. The number of imide groups is 1. The highest BCUT2D eigenvalue weighted by Crippen LogP contribution is 2.18. The van der Waals surface area contributed by atoms with Crippen LogP contribution in [0.15, 0.2) is 0 Å². The van der Waals surface area contributed by atoms with Crippen LogP contribution in [0.25, 0.3) is 0 Å². The van der Waals surface area contributed by atoms with Gasteiger partial charge in [-0.15, -0.1) is 0 Å².